The number of hydrogen-bond acceptors (Lipinski definition) is 0. The molecule has 1 aromatic carbocycles. The van der Waals surface area contributed by atoms with Gasteiger partial charge in [-0.15, -0.1) is 47.0 Å². The van der Waals surface area contributed by atoms with Crippen LogP contribution in [0.25, 0.3) is 11.1 Å². The van der Waals surface area contributed by atoms with E-state index in [4.69, 9.17) is 0 Å². The van der Waals surface area contributed by atoms with Crippen molar-refractivity contribution >= 4 is 11.1 Å². The second-order valence-electron chi connectivity index (χ2n) is 4.11. The van der Waals surface area contributed by atoms with Crippen LogP contribution >= 0.6 is 0 Å². The minimum Gasteiger partial charge on any atom is -1.00 e. The topological polar surface area (TPSA) is 0 Å². The summed E-state index contributed by atoms with van der Waals surface area (Å²) in [5.74, 6) is 0. The predicted octanol–water partition coefficient (Wildman–Crippen LogP) is 4.28. The molecule has 0 bridgehead atoms. The Morgan fingerprint density at radius 3 is 2.35 bits per heavy atom. The Labute approximate surface area is 123 Å². The maximum absolute atomic E-state index is 3.38. The van der Waals surface area contributed by atoms with Crippen molar-refractivity contribution in [2.45, 2.75) is 12.8 Å². The van der Waals surface area contributed by atoms with E-state index in [9.17, 15) is 0 Å². The summed E-state index contributed by atoms with van der Waals surface area (Å²) in [6.45, 7) is 0. The molecule has 3 rings (SSSR count). The molecule has 0 saturated carbocycles. The van der Waals surface area contributed by atoms with Crippen LogP contribution in [0.1, 0.15) is 25.4 Å². The monoisotopic (exact) mass is 386 g/mol. The molecule has 17 heavy (non-hydrogen) atoms. The van der Waals surface area contributed by atoms with E-state index < -0.39 is 0 Å². The molecule has 0 spiro atoms. The van der Waals surface area contributed by atoms with Crippen molar-refractivity contribution in [2.75, 3.05) is 0 Å². The van der Waals surface area contributed by atoms with E-state index >= 15 is 0 Å². The Bertz CT molecular complexity index is 487. The van der Waals surface area contributed by atoms with Crippen molar-refractivity contribution in [3.8, 4) is 0 Å². The molecule has 0 fully saturated rings. The van der Waals surface area contributed by atoms with Crippen molar-refractivity contribution in [1.29, 1.82) is 0 Å². The third-order valence-corrected chi connectivity index (χ3v) is 3.07. The Kier molecular flexibility index (Phi) is 4.11. The zero-order valence-corrected chi connectivity index (χ0v) is 13.2. The van der Waals surface area contributed by atoms with Gasteiger partial charge in [-0.2, -0.15) is 0 Å². The molecule has 0 aromatic heterocycles. The molecule has 0 unspecified atom stereocenters. The van der Waals surface area contributed by atoms with Crippen LogP contribution in [0.4, 0.5) is 0 Å². The first-order chi connectivity index (χ1) is 7.95. The maximum atomic E-state index is 3.38. The zero-order chi connectivity index (χ0) is 10.8. The van der Waals surface area contributed by atoms with Crippen molar-refractivity contribution in [2.24, 2.45) is 0 Å². The van der Waals surface area contributed by atoms with Crippen molar-refractivity contribution < 1.29 is 27.3 Å². The number of hydrogen-bond donors (Lipinski definition) is 0. The van der Waals surface area contributed by atoms with Gasteiger partial charge in [-0.05, 0) is 12.8 Å². The van der Waals surface area contributed by atoms with E-state index in [2.05, 4.69) is 54.7 Å². The molecule has 0 nitrogen and oxygen atoms in total. The Morgan fingerprint density at radius 1 is 1.00 bits per heavy atom. The fourth-order valence-corrected chi connectivity index (χ4v) is 2.25. The Hall–Kier alpha value is -0.950. The first kappa shape index (κ1) is 12.5. The van der Waals surface area contributed by atoms with Crippen LogP contribution in [0, 0.1) is 6.07 Å². The van der Waals surface area contributed by atoms with Gasteiger partial charge in [0.25, 0.3) is 0 Å². The molecular formula is C16H14Hf-2. The number of rotatable bonds is 2. The molecule has 0 heterocycles. The van der Waals surface area contributed by atoms with Gasteiger partial charge in [0.2, 0.25) is 0 Å². The molecule has 0 radical (unpaired) electrons. The number of allylic oxidation sites excluding steroid dienone is 8. The van der Waals surface area contributed by atoms with Crippen LogP contribution in [0.15, 0.2) is 54.7 Å². The normalized spacial score (nSPS) is 16.7. The fraction of sp³-hybridized carbons (Fsp3) is 0.125. The molecule has 84 valence electrons. The second-order valence-corrected chi connectivity index (χ2v) is 4.11. The zero-order valence-electron chi connectivity index (χ0n) is 10.6. The van der Waals surface area contributed by atoms with E-state index in [-0.39, 0.29) is 27.3 Å². The van der Waals surface area contributed by atoms with Gasteiger partial charge in [-0.3, -0.25) is 0 Å². The average Bonchev–Trinajstić information content (AvgIpc) is 3.03. The van der Waals surface area contributed by atoms with Gasteiger partial charge in [0.05, 0.1) is 0 Å². The van der Waals surface area contributed by atoms with E-state index in [1.54, 1.807) is 0 Å². The molecule has 0 amide bonds. The summed E-state index contributed by atoms with van der Waals surface area (Å²) in [5.41, 5.74) is 5.38. The van der Waals surface area contributed by atoms with Gasteiger partial charge in [0, 0.05) is 25.8 Å². The average molecular weight is 385 g/mol. The van der Waals surface area contributed by atoms with Gasteiger partial charge in [-0.25, -0.2) is 0 Å². The molecule has 0 atom stereocenters. The van der Waals surface area contributed by atoms with Crippen LogP contribution in [0.2, 0.25) is 0 Å². The van der Waals surface area contributed by atoms with Gasteiger partial charge in [-0.1, -0.05) is 36.0 Å². The smallest absolute Gasteiger partial charge is 0 e. The fourth-order valence-electron chi connectivity index (χ4n) is 2.25. The Balaban J connectivity index is 0.000000810. The molecule has 0 aliphatic heterocycles. The summed E-state index contributed by atoms with van der Waals surface area (Å²) in [4.78, 5) is 0. The van der Waals surface area contributed by atoms with Crippen molar-refractivity contribution in [3.63, 3.8) is 0 Å². The summed E-state index contributed by atoms with van der Waals surface area (Å²) in [6, 6.07) is 9.65. The minimum absolute atomic E-state index is 0. The van der Waals surface area contributed by atoms with Crippen molar-refractivity contribution in [1.82, 2.24) is 0 Å². The largest absolute Gasteiger partial charge is 1.00 e. The van der Waals surface area contributed by atoms with Crippen LogP contribution in [-0.4, -0.2) is 0 Å². The van der Waals surface area contributed by atoms with Crippen LogP contribution < -0.4 is 0 Å². The minimum atomic E-state index is 0. The third kappa shape index (κ3) is 2.50. The van der Waals surface area contributed by atoms with Gasteiger partial charge in [0.15, 0.2) is 0 Å². The van der Waals surface area contributed by atoms with E-state index in [0.717, 1.165) is 12.8 Å². The molecular weight excluding hydrogens is 371 g/mol. The molecule has 1 heteroatoms. The third-order valence-electron chi connectivity index (χ3n) is 3.07. The van der Waals surface area contributed by atoms with Crippen LogP contribution in [-0.2, 0) is 25.8 Å². The van der Waals surface area contributed by atoms with E-state index in [1.807, 2.05) is 6.07 Å². The molecule has 0 N–H and O–H groups in total. The van der Waals surface area contributed by atoms with Crippen molar-refractivity contribution in [3.05, 3.63) is 71.8 Å². The van der Waals surface area contributed by atoms with Crippen LogP contribution in [0.3, 0.4) is 0 Å². The van der Waals surface area contributed by atoms with Gasteiger partial charge in [0.1, 0.15) is 0 Å². The van der Waals surface area contributed by atoms with Gasteiger partial charge < -0.3 is 1.43 Å². The molecule has 2 aliphatic carbocycles. The summed E-state index contributed by atoms with van der Waals surface area (Å²) in [6.07, 6.45) is 15.1. The molecule has 1 aromatic rings. The first-order valence-corrected chi connectivity index (χ1v) is 5.68. The van der Waals surface area contributed by atoms with E-state index in [1.165, 1.54) is 22.3 Å². The predicted molar refractivity (Wildman–Crippen MR) is 69.9 cm³/mol. The standard InChI is InChI=1S/C16H13.Hf.H/c1-2-8-13(7-1)15-11-5-6-12-16(15)14-9-3-4-10-14;;/h1-7,9,11H,8,10H2;;/q-1;;-1. The SMILES string of the molecule is [H-].[Hf].[c-]1cccc(C2=CC=CC2)c1C1=CC=CC1. The number of benzene rings is 1. The summed E-state index contributed by atoms with van der Waals surface area (Å²) in [5, 5.41) is 0. The summed E-state index contributed by atoms with van der Waals surface area (Å²) >= 11 is 0. The summed E-state index contributed by atoms with van der Waals surface area (Å²) in [7, 11) is 0. The van der Waals surface area contributed by atoms with Crippen LogP contribution in [0.5, 0.6) is 0 Å². The molecule has 2 aliphatic rings. The second kappa shape index (κ2) is 5.59. The summed E-state index contributed by atoms with van der Waals surface area (Å²) < 4.78 is 0. The molecule has 0 saturated heterocycles. The maximum Gasteiger partial charge on any atom is 0 e. The first-order valence-electron chi connectivity index (χ1n) is 5.68. The Morgan fingerprint density at radius 2 is 1.71 bits per heavy atom. The quantitative estimate of drug-likeness (QED) is 0.527. The van der Waals surface area contributed by atoms with Gasteiger partial charge >= 0.3 is 0 Å². The van der Waals surface area contributed by atoms with E-state index in [0.29, 0.717) is 0 Å².